The topological polar surface area (TPSA) is 6.48 Å². The molecule has 4 aliphatic carbocycles. The summed E-state index contributed by atoms with van der Waals surface area (Å²) in [5, 5.41) is 5.86. The second-order valence-electron chi connectivity index (χ2n) is 26.8. The van der Waals surface area contributed by atoms with Crippen LogP contribution in [0.3, 0.4) is 0 Å². The van der Waals surface area contributed by atoms with E-state index in [0.717, 1.165) is 17.8 Å². The van der Waals surface area contributed by atoms with E-state index in [1.165, 1.54) is 138 Å². The smallest absolute Gasteiger partial charge is 0.252 e. The highest BCUT2D eigenvalue weighted by molar-refractivity contribution is 7.22. The van der Waals surface area contributed by atoms with E-state index in [9.17, 15) is 0 Å². The maximum atomic E-state index is 2.78. The summed E-state index contributed by atoms with van der Waals surface area (Å²) in [7, 11) is -2.83. The molecule has 0 radical (unpaired) electrons. The van der Waals surface area contributed by atoms with Gasteiger partial charge in [0.15, 0.2) is 8.07 Å². The van der Waals surface area contributed by atoms with Gasteiger partial charge in [0.25, 0.3) is 6.71 Å². The number of nitrogens with zero attached hydrogens (tertiary/aromatic N) is 2. The summed E-state index contributed by atoms with van der Waals surface area (Å²) in [6.45, 7) is 21.5. The van der Waals surface area contributed by atoms with Gasteiger partial charge < -0.3 is 9.80 Å². The van der Waals surface area contributed by atoms with Crippen LogP contribution in [0.4, 0.5) is 34.1 Å². The van der Waals surface area contributed by atoms with Crippen molar-refractivity contribution in [2.24, 2.45) is 17.8 Å². The second-order valence-corrected chi connectivity index (χ2v) is 30.6. The fourth-order valence-corrected chi connectivity index (χ4v) is 21.1. The normalized spacial score (nSPS) is 21.7. The monoisotopic (exact) mass is 979 g/mol. The third-order valence-corrected chi connectivity index (χ3v) is 24.0. The molecule has 3 heterocycles. The van der Waals surface area contributed by atoms with Crippen molar-refractivity contribution in [3.8, 4) is 11.1 Å². The summed E-state index contributed by atoms with van der Waals surface area (Å²) in [4.78, 5) is 5.50. The number of rotatable bonds is 5. The van der Waals surface area contributed by atoms with Gasteiger partial charge in [-0.1, -0.05) is 190 Å². The number of benzene rings is 8. The van der Waals surface area contributed by atoms with Crippen molar-refractivity contribution in [1.82, 2.24) is 0 Å². The molecule has 0 aromatic heterocycles. The molecule has 4 saturated carbocycles. The SMILES string of the molecule is CC(C)(C)c1cc(N2c3cc(C(C)(C)C)ccc3B3c4cc5c(cc4N(c4ccccc4)c4cc(C67CC8CC(CC(C8)C6)C7)cc2c43)-c2ccccc2[Si]5(c2ccccc2)c2ccccc2)cc(C(C)(C)C)c1. The van der Waals surface area contributed by atoms with Crippen LogP contribution >= 0.6 is 0 Å². The van der Waals surface area contributed by atoms with Gasteiger partial charge in [-0.05, 0) is 197 Å². The molecule has 0 N–H and O–H groups in total. The highest BCUT2D eigenvalue weighted by Gasteiger charge is 2.55. The zero-order valence-electron chi connectivity index (χ0n) is 45.2. The molecule has 8 aromatic carbocycles. The average Bonchev–Trinajstić information content (AvgIpc) is 3.71. The lowest BCUT2D eigenvalue weighted by atomic mass is 9.33. The predicted molar refractivity (Wildman–Crippen MR) is 319 cm³/mol. The van der Waals surface area contributed by atoms with Crippen molar-refractivity contribution < 1.29 is 0 Å². The lowest BCUT2D eigenvalue weighted by molar-refractivity contribution is -0.00514. The van der Waals surface area contributed by atoms with E-state index in [1.807, 2.05) is 0 Å². The molecule has 4 bridgehead atoms. The van der Waals surface area contributed by atoms with Gasteiger partial charge in [-0.2, -0.15) is 0 Å². The number of hydrogen-bond acceptors (Lipinski definition) is 2. The molecule has 2 nitrogen and oxygen atoms in total. The van der Waals surface area contributed by atoms with E-state index in [1.54, 1.807) is 5.56 Å². The standard InChI is InChI=1S/C70H71BN2Si/c1-67(2,3)48-29-30-58-60(37-48)73(53-35-49(68(4,5)6)34-50(36-53)69(7,8)9)63-39-51(70-42-45-31-46(43-70)33-47(32-45)44-70)38-62-66(63)71(58)59-41-65-57(40-61(59)72(62)52-21-13-10-14-22-52)56-27-19-20-28-64(56)74(65,54-23-15-11-16-24-54)55-25-17-12-18-26-55/h10-30,34-41,45-47H,31-33,42-44H2,1-9H3. The lowest BCUT2D eigenvalue weighted by Gasteiger charge is -2.57. The molecular formula is C70H71BN2Si. The molecule has 74 heavy (non-hydrogen) atoms. The van der Waals surface area contributed by atoms with E-state index in [-0.39, 0.29) is 28.4 Å². The van der Waals surface area contributed by atoms with Crippen LogP contribution < -0.4 is 46.9 Å². The van der Waals surface area contributed by atoms with Gasteiger partial charge in [0.05, 0.1) is 0 Å². The Kier molecular flexibility index (Phi) is 10.0. The fourth-order valence-electron chi connectivity index (χ4n) is 15.9. The molecule has 0 amide bonds. The first kappa shape index (κ1) is 46.2. The Morgan fingerprint density at radius 1 is 0.419 bits per heavy atom. The van der Waals surface area contributed by atoms with Crippen molar-refractivity contribution in [3.05, 3.63) is 198 Å². The molecule has 0 saturated heterocycles. The minimum Gasteiger partial charge on any atom is -0.311 e. The molecule has 15 rings (SSSR count). The Morgan fingerprint density at radius 2 is 0.919 bits per heavy atom. The fraction of sp³-hybridized carbons (Fsp3) is 0.314. The van der Waals surface area contributed by atoms with Crippen molar-refractivity contribution in [2.75, 3.05) is 9.80 Å². The second kappa shape index (κ2) is 16.1. The van der Waals surface area contributed by atoms with Gasteiger partial charge in [-0.15, -0.1) is 0 Å². The Balaban J connectivity index is 1.13. The maximum absolute atomic E-state index is 2.83. The van der Waals surface area contributed by atoms with Crippen molar-refractivity contribution in [3.63, 3.8) is 0 Å². The Labute approximate surface area is 443 Å². The third-order valence-electron chi connectivity index (χ3n) is 19.1. The molecule has 3 aliphatic heterocycles. The first-order valence-electron chi connectivity index (χ1n) is 28.0. The van der Waals surface area contributed by atoms with Crippen molar-refractivity contribution in [1.29, 1.82) is 0 Å². The summed E-state index contributed by atoms with van der Waals surface area (Å²) in [6, 6.07) is 70.3. The quantitative estimate of drug-likeness (QED) is 0.159. The molecule has 0 spiro atoms. The molecular weight excluding hydrogens is 908 g/mol. The summed E-state index contributed by atoms with van der Waals surface area (Å²) in [5.74, 6) is 2.49. The van der Waals surface area contributed by atoms with Gasteiger partial charge >= 0.3 is 0 Å². The van der Waals surface area contributed by atoms with Crippen LogP contribution in [0.5, 0.6) is 0 Å². The molecule has 368 valence electrons. The number of para-hydroxylation sites is 1. The Morgan fingerprint density at radius 3 is 1.47 bits per heavy atom. The van der Waals surface area contributed by atoms with Crippen LogP contribution in [-0.4, -0.2) is 14.8 Å². The van der Waals surface area contributed by atoms with E-state index < -0.39 is 8.07 Å². The minimum absolute atomic E-state index is 0.000729. The van der Waals surface area contributed by atoms with Crippen molar-refractivity contribution in [2.45, 2.75) is 122 Å². The molecule has 4 heteroatoms. The number of fused-ring (bicyclic) bond motifs is 7. The van der Waals surface area contributed by atoms with Crippen LogP contribution in [0.15, 0.2) is 176 Å². The summed E-state index contributed by atoms with van der Waals surface area (Å²) >= 11 is 0. The van der Waals surface area contributed by atoms with Crippen LogP contribution in [0, 0.1) is 17.8 Å². The van der Waals surface area contributed by atoms with Gasteiger partial charge in [0.1, 0.15) is 0 Å². The van der Waals surface area contributed by atoms with Gasteiger partial charge in [-0.25, -0.2) is 0 Å². The lowest BCUT2D eigenvalue weighted by Crippen LogP contribution is -2.73. The first-order valence-corrected chi connectivity index (χ1v) is 30.0. The first-order chi connectivity index (χ1) is 35.5. The Hall–Kier alpha value is -6.36. The van der Waals surface area contributed by atoms with Crippen LogP contribution in [0.2, 0.25) is 0 Å². The molecule has 0 unspecified atom stereocenters. The zero-order chi connectivity index (χ0) is 50.7. The van der Waals surface area contributed by atoms with E-state index in [2.05, 4.69) is 248 Å². The number of anilines is 6. The average molecular weight is 979 g/mol. The van der Waals surface area contributed by atoms with E-state index in [0.29, 0.717) is 0 Å². The predicted octanol–water partition coefficient (Wildman–Crippen LogP) is 13.5. The highest BCUT2D eigenvalue weighted by Crippen LogP contribution is 2.62. The Bertz CT molecular complexity index is 3450. The maximum Gasteiger partial charge on any atom is 0.252 e. The van der Waals surface area contributed by atoms with Crippen LogP contribution in [0.25, 0.3) is 11.1 Å². The highest BCUT2D eigenvalue weighted by atomic mass is 28.3. The van der Waals surface area contributed by atoms with Gasteiger partial charge in [-0.3, -0.25) is 0 Å². The van der Waals surface area contributed by atoms with Crippen LogP contribution in [0.1, 0.15) is 123 Å². The third kappa shape index (κ3) is 6.81. The largest absolute Gasteiger partial charge is 0.311 e. The molecule has 4 fully saturated rings. The summed E-state index contributed by atoms with van der Waals surface area (Å²) in [6.07, 6.45) is 8.23. The molecule has 7 aliphatic rings. The van der Waals surface area contributed by atoms with E-state index in [4.69, 9.17) is 0 Å². The van der Waals surface area contributed by atoms with Crippen molar-refractivity contribution >= 4 is 86.0 Å². The van der Waals surface area contributed by atoms with E-state index >= 15 is 0 Å². The molecule has 8 aromatic rings. The van der Waals surface area contributed by atoms with Gasteiger partial charge in [0.2, 0.25) is 0 Å². The number of hydrogen-bond donors (Lipinski definition) is 0. The minimum atomic E-state index is -2.83. The zero-order valence-corrected chi connectivity index (χ0v) is 46.2. The summed E-state index contributed by atoms with van der Waals surface area (Å²) < 4.78 is 0. The molecule has 0 atom stereocenters. The van der Waals surface area contributed by atoms with Gasteiger partial charge in [0, 0.05) is 34.1 Å². The summed E-state index contributed by atoms with van der Waals surface area (Å²) in [5.41, 5.74) is 20.6. The van der Waals surface area contributed by atoms with Crippen LogP contribution in [-0.2, 0) is 21.7 Å².